The van der Waals surface area contributed by atoms with Crippen LogP contribution in [0.25, 0.3) is 11.0 Å². The monoisotopic (exact) mass is 1290 g/mol. The highest BCUT2D eigenvalue weighted by Crippen LogP contribution is 2.27. The second-order valence-electron chi connectivity index (χ2n) is 27.4. The number of rotatable bonds is 40. The molecule has 516 valence electrons. The van der Waals surface area contributed by atoms with Gasteiger partial charge in [0.15, 0.2) is 0 Å². The van der Waals surface area contributed by atoms with Crippen LogP contribution in [-0.2, 0) is 52.7 Å². The maximum atomic E-state index is 14.9. The summed E-state index contributed by atoms with van der Waals surface area (Å²) in [5.41, 5.74) is -5.30. The molecule has 1 aliphatic rings. The second-order valence-corrected chi connectivity index (χ2v) is 27.4. The zero-order valence-electron chi connectivity index (χ0n) is 57.7. The first kappa shape index (κ1) is 78.6. The predicted octanol–water partition coefficient (Wildman–Crippen LogP) is 4.14. The van der Waals surface area contributed by atoms with Crippen molar-refractivity contribution in [1.82, 2.24) is 57.2 Å². The van der Waals surface area contributed by atoms with E-state index in [1.165, 1.54) is 64.5 Å². The molecule has 1 aromatic carbocycles. The van der Waals surface area contributed by atoms with Crippen LogP contribution in [0.15, 0.2) is 33.5 Å². The van der Waals surface area contributed by atoms with Crippen LogP contribution >= 0.6 is 0 Å². The Labute approximate surface area is 543 Å². The SMILES string of the molecule is CCCCCC(=O)N1CCC[C@H]1N(C=O)[C@@H](CCCCN(C=O)c1cc2ccc(OC)cc2oc1=O)C(=O)N[C@@H](CC(C)C)C(=O)NC(C)(C)C(=O)N[C@@H](CC(C)C)C(=O)N[C@@H](CC(C)C)C(=O)NC(C)(C)C(=O)NC(C)(C)C(=O)NCCC(=O)N[C@@H](C)CN(C)C. The molecule has 3 rings (SSSR count). The van der Waals surface area contributed by atoms with E-state index in [-0.39, 0.29) is 111 Å². The van der Waals surface area contributed by atoms with Crippen LogP contribution in [0.3, 0.4) is 0 Å². The van der Waals surface area contributed by atoms with Gasteiger partial charge >= 0.3 is 5.63 Å². The van der Waals surface area contributed by atoms with E-state index in [4.69, 9.17) is 9.15 Å². The summed E-state index contributed by atoms with van der Waals surface area (Å²) in [4.78, 5) is 171. The van der Waals surface area contributed by atoms with Crippen LogP contribution in [0, 0.1) is 17.8 Å². The van der Waals surface area contributed by atoms with Gasteiger partial charge in [0.05, 0.1) is 7.11 Å². The Balaban J connectivity index is 1.83. The topological polar surface area (TPSA) is 336 Å². The van der Waals surface area contributed by atoms with Gasteiger partial charge in [-0.15, -0.1) is 0 Å². The largest absolute Gasteiger partial charge is 0.497 e. The van der Waals surface area contributed by atoms with E-state index in [1.54, 1.807) is 23.1 Å². The molecule has 1 aromatic heterocycles. The summed E-state index contributed by atoms with van der Waals surface area (Å²) in [6.45, 7) is 24.7. The summed E-state index contributed by atoms with van der Waals surface area (Å²) in [7, 11) is 5.26. The number of benzene rings is 1. The number of carbonyl (C=O) groups is 11. The number of anilines is 1. The third-order valence-corrected chi connectivity index (χ3v) is 15.8. The zero-order valence-corrected chi connectivity index (χ0v) is 57.7. The summed E-state index contributed by atoms with van der Waals surface area (Å²) in [5, 5.41) is 22.7. The minimum atomic E-state index is -1.72. The zero-order chi connectivity index (χ0) is 69.4. The Morgan fingerprint density at radius 1 is 0.674 bits per heavy atom. The molecule has 2 aromatic rings. The first-order valence-corrected chi connectivity index (χ1v) is 32.5. The molecule has 1 aliphatic heterocycles. The van der Waals surface area contributed by atoms with E-state index in [1.807, 2.05) is 74.4 Å². The van der Waals surface area contributed by atoms with Crippen molar-refractivity contribution in [3.05, 3.63) is 34.7 Å². The van der Waals surface area contributed by atoms with E-state index in [0.29, 0.717) is 56.3 Å². The van der Waals surface area contributed by atoms with E-state index in [2.05, 4.69) is 42.5 Å². The Bertz CT molecular complexity index is 2910. The van der Waals surface area contributed by atoms with Gasteiger partial charge < -0.3 is 71.3 Å². The molecule has 0 radical (unpaired) electrons. The summed E-state index contributed by atoms with van der Waals surface area (Å²) in [6, 6.07) is 1.45. The summed E-state index contributed by atoms with van der Waals surface area (Å²) in [6.07, 6.45) is 4.74. The minimum absolute atomic E-state index is 0.00382. The number of fused-ring (bicyclic) bond motifs is 1. The molecule has 0 bridgehead atoms. The van der Waals surface area contributed by atoms with Gasteiger partial charge in [0.2, 0.25) is 66.0 Å². The Morgan fingerprint density at radius 3 is 1.78 bits per heavy atom. The normalized spacial score (nSPS) is 15.2. The van der Waals surface area contributed by atoms with E-state index in [0.717, 1.165) is 12.8 Å². The number of nitrogens with one attached hydrogen (secondary N) is 8. The number of methoxy groups -OCH3 is 1. The van der Waals surface area contributed by atoms with Crippen LogP contribution in [0.5, 0.6) is 5.75 Å². The standard InChI is InChI=1S/C66H108N12O14/c1-18-19-20-26-55(82)77-32-23-25-54(77)78(40-80)50(24-21-22-31-76(39-79)51-36-45-27-28-46(91-17)37-52(45)92-60(51)87)59(86)70-49(35-43(6)7)58(85)72-65(11,12)62(89)71-47(33-41(2)3)56(83)69-48(34-42(4)5)57(84)73-66(13,14)63(90)74-64(9,10)61(88)67-30-29-53(81)68-44(8)38-75(15)16/h27-28,36-37,39-44,47-50,54H,18-26,29-35,38H2,1-17H3,(H,67,88)(H,68,81)(H,69,83)(H,70,86)(H,71,89)(H,72,85)(H,73,84)(H,74,90)/t44-,47-,48-,49-,50-,54+/m0/s1. The molecule has 26 nitrogen and oxygen atoms in total. The van der Waals surface area contributed by atoms with Gasteiger partial charge in [-0.1, -0.05) is 61.3 Å². The smallest absolute Gasteiger partial charge is 0.360 e. The molecule has 26 heteroatoms. The first-order chi connectivity index (χ1) is 43.0. The number of likely N-dealkylation sites (N-methyl/N-ethyl adjacent to an activating group) is 1. The lowest BCUT2D eigenvalue weighted by atomic mass is 9.96. The average molecular weight is 1290 g/mol. The highest BCUT2D eigenvalue weighted by atomic mass is 16.5. The fourth-order valence-electron chi connectivity index (χ4n) is 10.9. The van der Waals surface area contributed by atoms with Crippen molar-refractivity contribution in [3.8, 4) is 5.75 Å². The number of hydrogen-bond acceptors (Lipinski definition) is 15. The molecule has 8 N–H and O–H groups in total. The van der Waals surface area contributed by atoms with Crippen molar-refractivity contribution in [1.29, 1.82) is 0 Å². The van der Waals surface area contributed by atoms with Gasteiger partial charge in [-0.05, 0) is 156 Å². The van der Waals surface area contributed by atoms with E-state index < -0.39 is 93.9 Å². The minimum Gasteiger partial charge on any atom is -0.497 e. The van der Waals surface area contributed by atoms with Crippen molar-refractivity contribution >= 4 is 82.6 Å². The molecule has 0 aliphatic carbocycles. The molecule has 1 fully saturated rings. The fraction of sp³-hybridized carbons (Fsp3) is 0.697. The molecule has 0 saturated carbocycles. The number of unbranched alkanes of at least 4 members (excludes halogenated alkanes) is 3. The third-order valence-electron chi connectivity index (χ3n) is 15.8. The van der Waals surface area contributed by atoms with Crippen molar-refractivity contribution in [2.45, 2.75) is 233 Å². The fourth-order valence-corrected chi connectivity index (χ4v) is 10.9. The molecule has 2 heterocycles. The molecule has 11 amide bonds. The Kier molecular flexibility index (Phi) is 31.2. The van der Waals surface area contributed by atoms with Gasteiger partial charge in [-0.25, -0.2) is 4.79 Å². The number of nitrogens with zero attached hydrogens (tertiary/aromatic N) is 4. The third kappa shape index (κ3) is 24.8. The molecule has 0 spiro atoms. The lowest BCUT2D eigenvalue weighted by molar-refractivity contribution is -0.146. The molecule has 1 saturated heterocycles. The second kappa shape index (κ2) is 36.6. The first-order valence-electron chi connectivity index (χ1n) is 32.5. The molecule has 92 heavy (non-hydrogen) atoms. The lowest BCUT2D eigenvalue weighted by Crippen LogP contribution is -2.65. The number of likely N-dealkylation sites (tertiary alicyclic amines) is 1. The maximum absolute atomic E-state index is 14.9. The lowest BCUT2D eigenvalue weighted by Gasteiger charge is -2.38. The molecule has 0 unspecified atom stereocenters. The molecular weight excluding hydrogens is 1180 g/mol. The van der Waals surface area contributed by atoms with Crippen LogP contribution < -0.4 is 57.8 Å². The number of amides is 11. The van der Waals surface area contributed by atoms with Gasteiger partial charge in [0.25, 0.3) is 0 Å². The van der Waals surface area contributed by atoms with Crippen LogP contribution in [0.2, 0.25) is 0 Å². The predicted molar refractivity (Wildman–Crippen MR) is 351 cm³/mol. The van der Waals surface area contributed by atoms with Gasteiger partial charge in [-0.2, -0.15) is 0 Å². The number of hydrogen-bond donors (Lipinski definition) is 8. The molecule has 6 atom stereocenters. The van der Waals surface area contributed by atoms with Crippen LogP contribution in [0.4, 0.5) is 5.69 Å². The quantitative estimate of drug-likeness (QED) is 0.0264. The van der Waals surface area contributed by atoms with Crippen molar-refractivity contribution in [2.75, 3.05) is 52.3 Å². The summed E-state index contributed by atoms with van der Waals surface area (Å²) >= 11 is 0. The highest BCUT2D eigenvalue weighted by Gasteiger charge is 2.42. The van der Waals surface area contributed by atoms with E-state index in [9.17, 15) is 57.5 Å². The Hall–Kier alpha value is -7.64. The summed E-state index contributed by atoms with van der Waals surface area (Å²) in [5.74, 6) is -5.34. The maximum Gasteiger partial charge on any atom is 0.360 e. The molecular formula is C66H108N12O14. The van der Waals surface area contributed by atoms with Crippen molar-refractivity contribution < 1.29 is 61.9 Å². The van der Waals surface area contributed by atoms with Crippen LogP contribution in [0.1, 0.15) is 180 Å². The number of ether oxygens (including phenoxy) is 1. The highest BCUT2D eigenvalue weighted by molar-refractivity contribution is 6.00. The van der Waals surface area contributed by atoms with Crippen LogP contribution in [-0.4, -0.2) is 181 Å². The average Bonchev–Trinajstić information content (AvgIpc) is 1.90. The van der Waals surface area contributed by atoms with Gasteiger partial charge in [0.1, 0.15) is 64.0 Å². The van der Waals surface area contributed by atoms with Crippen molar-refractivity contribution in [3.63, 3.8) is 0 Å². The Morgan fingerprint density at radius 2 is 1.24 bits per heavy atom. The summed E-state index contributed by atoms with van der Waals surface area (Å²) < 4.78 is 10.8. The number of carbonyl (C=O) groups excluding carboxylic acids is 11. The van der Waals surface area contributed by atoms with E-state index >= 15 is 0 Å². The van der Waals surface area contributed by atoms with Gasteiger partial charge in [-0.3, -0.25) is 52.7 Å². The van der Waals surface area contributed by atoms with Gasteiger partial charge in [0, 0.05) is 56.5 Å². The van der Waals surface area contributed by atoms with Crippen molar-refractivity contribution in [2.24, 2.45) is 17.8 Å².